The van der Waals surface area contributed by atoms with Crippen LogP contribution in [-0.4, -0.2) is 4.98 Å². The van der Waals surface area contributed by atoms with Crippen LogP contribution in [-0.2, 0) is 5.41 Å². The summed E-state index contributed by atoms with van der Waals surface area (Å²) >= 11 is 5.74. The summed E-state index contributed by atoms with van der Waals surface area (Å²) in [4.78, 5) is 4.29. The highest BCUT2D eigenvalue weighted by Gasteiger charge is 2.18. The van der Waals surface area contributed by atoms with Gasteiger partial charge in [0.1, 0.15) is 0 Å². The van der Waals surface area contributed by atoms with Gasteiger partial charge in [-0.05, 0) is 18.6 Å². The van der Waals surface area contributed by atoms with E-state index in [4.69, 9.17) is 11.6 Å². The fourth-order valence-electron chi connectivity index (χ4n) is 0.957. The van der Waals surface area contributed by atoms with Crippen molar-refractivity contribution in [1.29, 1.82) is 0 Å². The van der Waals surface area contributed by atoms with Crippen LogP contribution in [0.4, 0.5) is 0 Å². The number of nitrogens with zero attached hydrogens (tertiary/aromatic N) is 1. The van der Waals surface area contributed by atoms with Crippen molar-refractivity contribution >= 4 is 11.6 Å². The standard InChI is InChI=1S/C10H14ClN/c1-4-10(2,3)9-6-5-8(11)7-12-9/h5-7H,4H2,1-3H3. The maximum Gasteiger partial charge on any atom is 0.0589 e. The van der Waals surface area contributed by atoms with Crippen molar-refractivity contribution in [2.24, 2.45) is 0 Å². The van der Waals surface area contributed by atoms with E-state index in [0.717, 1.165) is 12.1 Å². The van der Waals surface area contributed by atoms with Gasteiger partial charge in [-0.25, -0.2) is 0 Å². The molecule has 66 valence electrons. The van der Waals surface area contributed by atoms with E-state index in [0.29, 0.717) is 5.02 Å². The highest BCUT2D eigenvalue weighted by atomic mass is 35.5. The lowest BCUT2D eigenvalue weighted by Gasteiger charge is -2.21. The fourth-order valence-corrected chi connectivity index (χ4v) is 1.07. The Hall–Kier alpha value is -0.560. The van der Waals surface area contributed by atoms with Gasteiger partial charge in [-0.15, -0.1) is 0 Å². The smallest absolute Gasteiger partial charge is 0.0589 e. The molecule has 0 saturated carbocycles. The molecular weight excluding hydrogens is 170 g/mol. The Kier molecular flexibility index (Phi) is 2.73. The minimum absolute atomic E-state index is 0.157. The van der Waals surface area contributed by atoms with E-state index in [1.54, 1.807) is 6.20 Å². The maximum atomic E-state index is 5.74. The van der Waals surface area contributed by atoms with E-state index in [2.05, 4.69) is 25.8 Å². The number of rotatable bonds is 2. The van der Waals surface area contributed by atoms with E-state index in [9.17, 15) is 0 Å². The lowest BCUT2D eigenvalue weighted by Crippen LogP contribution is -2.16. The molecule has 0 saturated heterocycles. The third-order valence-electron chi connectivity index (χ3n) is 2.30. The molecule has 0 atom stereocenters. The van der Waals surface area contributed by atoms with Crippen LogP contribution >= 0.6 is 11.6 Å². The summed E-state index contributed by atoms with van der Waals surface area (Å²) in [7, 11) is 0. The van der Waals surface area contributed by atoms with Gasteiger partial charge < -0.3 is 0 Å². The van der Waals surface area contributed by atoms with Gasteiger partial charge in [0.25, 0.3) is 0 Å². The summed E-state index contributed by atoms with van der Waals surface area (Å²) in [6, 6.07) is 3.88. The normalized spacial score (nSPS) is 11.7. The molecule has 12 heavy (non-hydrogen) atoms. The highest BCUT2D eigenvalue weighted by molar-refractivity contribution is 6.30. The third kappa shape index (κ3) is 1.98. The van der Waals surface area contributed by atoms with Crippen molar-refractivity contribution in [3.63, 3.8) is 0 Å². The number of pyridine rings is 1. The zero-order valence-electron chi connectivity index (χ0n) is 7.76. The number of hydrogen-bond donors (Lipinski definition) is 0. The molecule has 0 N–H and O–H groups in total. The topological polar surface area (TPSA) is 12.9 Å². The van der Waals surface area contributed by atoms with Crippen molar-refractivity contribution in [2.75, 3.05) is 0 Å². The molecule has 0 aliphatic rings. The summed E-state index contributed by atoms with van der Waals surface area (Å²) in [6.45, 7) is 6.53. The van der Waals surface area contributed by atoms with Crippen LogP contribution in [0.25, 0.3) is 0 Å². The molecule has 1 nitrogen and oxygen atoms in total. The Morgan fingerprint density at radius 1 is 1.42 bits per heavy atom. The zero-order valence-corrected chi connectivity index (χ0v) is 8.52. The third-order valence-corrected chi connectivity index (χ3v) is 2.53. The Morgan fingerprint density at radius 3 is 2.50 bits per heavy atom. The first-order chi connectivity index (χ1) is 5.56. The number of aromatic nitrogens is 1. The molecule has 0 bridgehead atoms. The first-order valence-corrected chi connectivity index (χ1v) is 4.56. The highest BCUT2D eigenvalue weighted by Crippen LogP contribution is 2.25. The maximum absolute atomic E-state index is 5.74. The van der Waals surface area contributed by atoms with E-state index < -0.39 is 0 Å². The van der Waals surface area contributed by atoms with Crippen LogP contribution in [0.2, 0.25) is 5.02 Å². The summed E-state index contributed by atoms with van der Waals surface area (Å²) in [5, 5.41) is 0.700. The van der Waals surface area contributed by atoms with Crippen molar-refractivity contribution < 1.29 is 0 Å². The van der Waals surface area contributed by atoms with E-state index in [1.807, 2.05) is 12.1 Å². The Balaban J connectivity index is 2.96. The first kappa shape index (κ1) is 9.53. The summed E-state index contributed by atoms with van der Waals surface area (Å²) in [5.41, 5.74) is 1.26. The molecule has 1 heterocycles. The Labute approximate surface area is 78.8 Å². The van der Waals surface area contributed by atoms with E-state index >= 15 is 0 Å². The van der Waals surface area contributed by atoms with Gasteiger partial charge in [0.2, 0.25) is 0 Å². The molecule has 1 aromatic rings. The molecule has 0 fully saturated rings. The average molecular weight is 184 g/mol. The van der Waals surface area contributed by atoms with Gasteiger partial charge in [-0.1, -0.05) is 32.4 Å². The zero-order chi connectivity index (χ0) is 9.19. The van der Waals surface area contributed by atoms with Crippen molar-refractivity contribution in [2.45, 2.75) is 32.6 Å². The summed E-state index contributed by atoms with van der Waals surface area (Å²) in [6.07, 6.45) is 2.79. The molecule has 0 unspecified atom stereocenters. The molecule has 0 spiro atoms. The van der Waals surface area contributed by atoms with Crippen molar-refractivity contribution in [1.82, 2.24) is 4.98 Å². The summed E-state index contributed by atoms with van der Waals surface area (Å²) in [5.74, 6) is 0. The second-order valence-corrected chi connectivity index (χ2v) is 4.04. The predicted octanol–water partition coefficient (Wildman–Crippen LogP) is 3.42. The van der Waals surface area contributed by atoms with Crippen LogP contribution in [0.3, 0.4) is 0 Å². The van der Waals surface area contributed by atoms with Crippen molar-refractivity contribution in [3.05, 3.63) is 29.0 Å². The SMILES string of the molecule is CCC(C)(C)c1ccc(Cl)cn1. The Morgan fingerprint density at radius 2 is 2.08 bits per heavy atom. The van der Waals surface area contributed by atoms with Gasteiger partial charge in [0, 0.05) is 17.3 Å². The molecule has 0 aliphatic heterocycles. The Bertz CT molecular complexity index is 251. The van der Waals surface area contributed by atoms with E-state index in [1.165, 1.54) is 0 Å². The van der Waals surface area contributed by atoms with Gasteiger partial charge >= 0.3 is 0 Å². The fraction of sp³-hybridized carbons (Fsp3) is 0.500. The average Bonchev–Trinajstić information content (AvgIpc) is 2.05. The predicted molar refractivity (Wildman–Crippen MR) is 52.6 cm³/mol. The van der Waals surface area contributed by atoms with Gasteiger partial charge in [0.15, 0.2) is 0 Å². The minimum Gasteiger partial charge on any atom is -0.259 e. The van der Waals surface area contributed by atoms with Gasteiger partial charge in [-0.2, -0.15) is 0 Å². The molecule has 0 aliphatic carbocycles. The van der Waals surface area contributed by atoms with Crippen LogP contribution in [0.1, 0.15) is 32.9 Å². The minimum atomic E-state index is 0.157. The van der Waals surface area contributed by atoms with Crippen molar-refractivity contribution in [3.8, 4) is 0 Å². The largest absolute Gasteiger partial charge is 0.259 e. The molecule has 1 aromatic heterocycles. The number of halogens is 1. The van der Waals surface area contributed by atoms with Crippen LogP contribution in [0.5, 0.6) is 0 Å². The second-order valence-electron chi connectivity index (χ2n) is 3.60. The molecule has 0 amide bonds. The lowest BCUT2D eigenvalue weighted by atomic mass is 9.86. The van der Waals surface area contributed by atoms with E-state index in [-0.39, 0.29) is 5.41 Å². The van der Waals surface area contributed by atoms with Crippen LogP contribution in [0, 0.1) is 0 Å². The molecule has 0 radical (unpaired) electrons. The van der Waals surface area contributed by atoms with Gasteiger partial charge in [0.05, 0.1) is 5.02 Å². The molecular formula is C10H14ClN. The monoisotopic (exact) mass is 183 g/mol. The lowest BCUT2D eigenvalue weighted by molar-refractivity contribution is 0.490. The second kappa shape index (κ2) is 3.44. The first-order valence-electron chi connectivity index (χ1n) is 4.18. The quantitative estimate of drug-likeness (QED) is 0.685. The molecule has 1 rings (SSSR count). The molecule has 2 heteroatoms. The number of hydrogen-bond acceptors (Lipinski definition) is 1. The van der Waals surface area contributed by atoms with Crippen LogP contribution < -0.4 is 0 Å². The van der Waals surface area contributed by atoms with Gasteiger partial charge in [-0.3, -0.25) is 4.98 Å². The van der Waals surface area contributed by atoms with Crippen LogP contribution in [0.15, 0.2) is 18.3 Å². The molecule has 0 aromatic carbocycles. The summed E-state index contributed by atoms with van der Waals surface area (Å²) < 4.78 is 0.